The molecule has 1 rings (SSSR count). The Morgan fingerprint density at radius 1 is 1.10 bits per heavy atom. The minimum absolute atomic E-state index is 0.0207. The van der Waals surface area contributed by atoms with Crippen LogP contribution in [-0.4, -0.2) is 24.4 Å². The van der Waals surface area contributed by atoms with Crippen LogP contribution in [0.25, 0.3) is 0 Å². The van der Waals surface area contributed by atoms with Crippen molar-refractivity contribution < 1.29 is 9.84 Å². The Morgan fingerprint density at radius 3 is 2.35 bits per heavy atom. The second-order valence-electron chi connectivity index (χ2n) is 5.26. The van der Waals surface area contributed by atoms with Gasteiger partial charge >= 0.3 is 0 Å². The van der Waals surface area contributed by atoms with Gasteiger partial charge in [0, 0.05) is 12.5 Å². The molecule has 0 aromatic heterocycles. The lowest BCUT2D eigenvalue weighted by molar-refractivity contribution is 0.132. The van der Waals surface area contributed by atoms with E-state index in [4.69, 9.17) is 10.5 Å². The lowest BCUT2D eigenvalue weighted by Crippen LogP contribution is -2.25. The highest BCUT2D eigenvalue weighted by Crippen LogP contribution is 2.24. The van der Waals surface area contributed by atoms with E-state index in [2.05, 4.69) is 6.92 Å². The van der Waals surface area contributed by atoms with Crippen LogP contribution in [-0.2, 0) is 0 Å². The Morgan fingerprint density at radius 2 is 1.80 bits per heavy atom. The first-order valence-electron chi connectivity index (χ1n) is 7.83. The molecule has 0 amide bonds. The standard InChI is InChI=1S/C17H29NO2/c1-3-5-6-7-8-17(19)16(13-18)14-9-11-15(12-10-14)20-4-2/h9-12,16-17,19H,3-8,13,18H2,1-2H3. The molecule has 3 heteroatoms. The van der Waals surface area contributed by atoms with Gasteiger partial charge < -0.3 is 15.6 Å². The third-order valence-corrected chi connectivity index (χ3v) is 3.69. The number of rotatable bonds is 10. The van der Waals surface area contributed by atoms with Crippen LogP contribution in [0.4, 0.5) is 0 Å². The van der Waals surface area contributed by atoms with E-state index in [0.29, 0.717) is 13.2 Å². The molecule has 0 aliphatic heterocycles. The average Bonchev–Trinajstić information content (AvgIpc) is 2.46. The molecule has 0 bridgehead atoms. The monoisotopic (exact) mass is 279 g/mol. The van der Waals surface area contributed by atoms with E-state index in [-0.39, 0.29) is 12.0 Å². The number of ether oxygens (including phenoxy) is 1. The average molecular weight is 279 g/mol. The molecular weight excluding hydrogens is 250 g/mol. The fourth-order valence-electron chi connectivity index (χ4n) is 2.47. The second kappa shape index (κ2) is 9.78. The fourth-order valence-corrected chi connectivity index (χ4v) is 2.47. The number of hydrogen-bond acceptors (Lipinski definition) is 3. The predicted octanol–water partition coefficient (Wildman–Crippen LogP) is 3.46. The molecule has 20 heavy (non-hydrogen) atoms. The van der Waals surface area contributed by atoms with Crippen molar-refractivity contribution in [3.05, 3.63) is 29.8 Å². The van der Waals surface area contributed by atoms with Crippen molar-refractivity contribution in [3.8, 4) is 5.75 Å². The predicted molar refractivity (Wildman–Crippen MR) is 84.2 cm³/mol. The third kappa shape index (κ3) is 5.51. The molecule has 3 N–H and O–H groups in total. The molecule has 0 aliphatic rings. The lowest BCUT2D eigenvalue weighted by Gasteiger charge is -2.22. The van der Waals surface area contributed by atoms with Crippen LogP contribution >= 0.6 is 0 Å². The van der Waals surface area contributed by atoms with Crippen molar-refractivity contribution in [3.63, 3.8) is 0 Å². The zero-order chi connectivity index (χ0) is 14.8. The van der Waals surface area contributed by atoms with Gasteiger partial charge in [-0.25, -0.2) is 0 Å². The molecule has 1 aromatic carbocycles. The summed E-state index contributed by atoms with van der Waals surface area (Å²) in [6.45, 7) is 5.30. The first kappa shape index (κ1) is 17.0. The van der Waals surface area contributed by atoms with Crippen LogP contribution in [0.3, 0.4) is 0 Å². The van der Waals surface area contributed by atoms with Gasteiger partial charge in [-0.1, -0.05) is 44.7 Å². The summed E-state index contributed by atoms with van der Waals surface area (Å²) in [6.07, 6.45) is 5.19. The maximum Gasteiger partial charge on any atom is 0.119 e. The van der Waals surface area contributed by atoms with Crippen molar-refractivity contribution in [2.45, 2.75) is 58.0 Å². The van der Waals surface area contributed by atoms with Gasteiger partial charge in [-0.2, -0.15) is 0 Å². The topological polar surface area (TPSA) is 55.5 Å². The van der Waals surface area contributed by atoms with Gasteiger partial charge in [0.25, 0.3) is 0 Å². The van der Waals surface area contributed by atoms with E-state index in [1.807, 2.05) is 31.2 Å². The zero-order valence-corrected chi connectivity index (χ0v) is 12.8. The van der Waals surface area contributed by atoms with Gasteiger partial charge in [0.05, 0.1) is 12.7 Å². The highest BCUT2D eigenvalue weighted by Gasteiger charge is 2.19. The Balaban J connectivity index is 2.55. The quantitative estimate of drug-likeness (QED) is 0.645. The van der Waals surface area contributed by atoms with Gasteiger partial charge in [-0.15, -0.1) is 0 Å². The molecule has 0 heterocycles. The van der Waals surface area contributed by atoms with Gasteiger partial charge in [0.2, 0.25) is 0 Å². The molecule has 114 valence electrons. The maximum atomic E-state index is 10.3. The summed E-state index contributed by atoms with van der Waals surface area (Å²) in [4.78, 5) is 0. The first-order valence-corrected chi connectivity index (χ1v) is 7.83. The van der Waals surface area contributed by atoms with Crippen molar-refractivity contribution in [2.75, 3.05) is 13.2 Å². The number of aliphatic hydroxyl groups is 1. The minimum atomic E-state index is -0.352. The molecule has 3 nitrogen and oxygen atoms in total. The summed E-state index contributed by atoms with van der Waals surface area (Å²) in [7, 11) is 0. The molecule has 0 fully saturated rings. The van der Waals surface area contributed by atoms with Crippen LogP contribution in [0.5, 0.6) is 5.75 Å². The van der Waals surface area contributed by atoms with Gasteiger partial charge in [-0.05, 0) is 31.0 Å². The van der Waals surface area contributed by atoms with E-state index < -0.39 is 0 Å². The highest BCUT2D eigenvalue weighted by molar-refractivity contribution is 5.30. The summed E-state index contributed by atoms with van der Waals surface area (Å²) in [5.74, 6) is 0.886. The van der Waals surface area contributed by atoms with Crippen LogP contribution < -0.4 is 10.5 Å². The number of nitrogens with two attached hydrogens (primary N) is 1. The van der Waals surface area contributed by atoms with Crippen LogP contribution in [0.1, 0.15) is 57.4 Å². The smallest absolute Gasteiger partial charge is 0.119 e. The second-order valence-corrected chi connectivity index (χ2v) is 5.26. The highest BCUT2D eigenvalue weighted by atomic mass is 16.5. The minimum Gasteiger partial charge on any atom is -0.494 e. The van der Waals surface area contributed by atoms with E-state index in [9.17, 15) is 5.11 Å². The molecule has 0 aliphatic carbocycles. The van der Waals surface area contributed by atoms with E-state index in [1.165, 1.54) is 19.3 Å². The Bertz CT molecular complexity index is 351. The Kier molecular flexibility index (Phi) is 8.31. The third-order valence-electron chi connectivity index (χ3n) is 3.69. The molecule has 0 radical (unpaired) electrons. The molecule has 1 aromatic rings. The summed E-state index contributed by atoms with van der Waals surface area (Å²) in [5.41, 5.74) is 6.94. The van der Waals surface area contributed by atoms with E-state index in [0.717, 1.165) is 24.2 Å². The fraction of sp³-hybridized carbons (Fsp3) is 0.647. The number of hydrogen-bond donors (Lipinski definition) is 2. The first-order chi connectivity index (χ1) is 9.72. The Labute approximate surface area is 123 Å². The van der Waals surface area contributed by atoms with Crippen molar-refractivity contribution in [2.24, 2.45) is 5.73 Å². The number of benzene rings is 1. The van der Waals surface area contributed by atoms with Crippen LogP contribution in [0.2, 0.25) is 0 Å². The lowest BCUT2D eigenvalue weighted by atomic mass is 9.90. The van der Waals surface area contributed by atoms with Crippen molar-refractivity contribution in [1.29, 1.82) is 0 Å². The van der Waals surface area contributed by atoms with Crippen molar-refractivity contribution in [1.82, 2.24) is 0 Å². The largest absolute Gasteiger partial charge is 0.494 e. The molecule has 2 atom stereocenters. The van der Waals surface area contributed by atoms with Crippen LogP contribution in [0.15, 0.2) is 24.3 Å². The summed E-state index contributed by atoms with van der Waals surface area (Å²) < 4.78 is 5.43. The zero-order valence-electron chi connectivity index (χ0n) is 12.8. The number of unbranched alkanes of at least 4 members (excludes halogenated alkanes) is 3. The summed E-state index contributed by atoms with van der Waals surface area (Å²) in [6, 6.07) is 7.92. The SMILES string of the molecule is CCCCCCC(O)C(CN)c1ccc(OCC)cc1. The summed E-state index contributed by atoms with van der Waals surface area (Å²) in [5, 5.41) is 10.3. The summed E-state index contributed by atoms with van der Waals surface area (Å²) >= 11 is 0. The normalized spacial score (nSPS) is 14.0. The van der Waals surface area contributed by atoms with Crippen molar-refractivity contribution >= 4 is 0 Å². The van der Waals surface area contributed by atoms with Gasteiger partial charge in [0.15, 0.2) is 0 Å². The van der Waals surface area contributed by atoms with E-state index >= 15 is 0 Å². The molecule has 2 unspecified atom stereocenters. The molecule has 0 saturated carbocycles. The van der Waals surface area contributed by atoms with E-state index in [1.54, 1.807) is 0 Å². The number of aliphatic hydroxyl groups excluding tert-OH is 1. The molecule has 0 spiro atoms. The Hall–Kier alpha value is -1.06. The van der Waals surface area contributed by atoms with Crippen LogP contribution in [0, 0.1) is 0 Å². The maximum absolute atomic E-state index is 10.3. The van der Waals surface area contributed by atoms with Gasteiger partial charge in [-0.3, -0.25) is 0 Å². The molecule has 0 saturated heterocycles. The molecular formula is C17H29NO2. The van der Waals surface area contributed by atoms with Gasteiger partial charge in [0.1, 0.15) is 5.75 Å².